The fourth-order valence-corrected chi connectivity index (χ4v) is 4.39. The van der Waals surface area contributed by atoms with Gasteiger partial charge < -0.3 is 0 Å². The standard InChI is InChI=1S/C15H11BrN2O3S2/c1-23(20,21)13-5-3-2-4-10(13)14(19)18-15-17-11-7-6-9(16)8-12(11)22-15/h2-8H,1H3,(H,17,18,19). The highest BCUT2D eigenvalue weighted by atomic mass is 79.9. The molecular formula is C15H11BrN2O3S2. The topological polar surface area (TPSA) is 76.1 Å². The molecule has 8 heteroatoms. The van der Waals surface area contributed by atoms with E-state index in [4.69, 9.17) is 0 Å². The van der Waals surface area contributed by atoms with Crippen LogP contribution in [0.25, 0.3) is 10.2 Å². The first-order valence-corrected chi connectivity index (χ1v) is 10.0. The Balaban J connectivity index is 1.95. The van der Waals surface area contributed by atoms with Crippen LogP contribution in [0.1, 0.15) is 10.4 Å². The molecule has 0 unspecified atom stereocenters. The maximum atomic E-state index is 12.4. The van der Waals surface area contributed by atoms with Gasteiger partial charge in [0.2, 0.25) is 0 Å². The van der Waals surface area contributed by atoms with Gasteiger partial charge in [0.25, 0.3) is 5.91 Å². The van der Waals surface area contributed by atoms with Gasteiger partial charge in [-0.25, -0.2) is 13.4 Å². The molecule has 1 N–H and O–H groups in total. The van der Waals surface area contributed by atoms with E-state index in [-0.39, 0.29) is 10.5 Å². The second-order valence-corrected chi connectivity index (χ2v) is 8.78. The minimum Gasteiger partial charge on any atom is -0.298 e. The first kappa shape index (κ1) is 16.1. The lowest BCUT2D eigenvalue weighted by Gasteiger charge is -2.06. The molecule has 0 aliphatic heterocycles. The summed E-state index contributed by atoms with van der Waals surface area (Å²) >= 11 is 4.71. The number of rotatable bonds is 3. The molecule has 3 aromatic rings. The number of benzene rings is 2. The summed E-state index contributed by atoms with van der Waals surface area (Å²) in [6.45, 7) is 0. The molecule has 2 aromatic carbocycles. The molecule has 0 aliphatic carbocycles. The van der Waals surface area contributed by atoms with Gasteiger partial charge in [0, 0.05) is 10.7 Å². The van der Waals surface area contributed by atoms with E-state index in [2.05, 4.69) is 26.2 Å². The van der Waals surface area contributed by atoms with E-state index in [1.165, 1.54) is 23.5 Å². The maximum absolute atomic E-state index is 12.4. The SMILES string of the molecule is CS(=O)(=O)c1ccccc1C(=O)Nc1nc2ccc(Br)cc2s1. The number of carbonyl (C=O) groups excluding carboxylic acids is 1. The molecule has 1 aromatic heterocycles. The average molecular weight is 411 g/mol. The van der Waals surface area contributed by atoms with Crippen molar-refractivity contribution in [1.29, 1.82) is 0 Å². The van der Waals surface area contributed by atoms with Crippen LogP contribution in [0.5, 0.6) is 0 Å². The number of amides is 1. The smallest absolute Gasteiger partial charge is 0.258 e. The van der Waals surface area contributed by atoms with Crippen molar-refractivity contribution >= 4 is 58.4 Å². The Morgan fingerprint density at radius 1 is 1.22 bits per heavy atom. The predicted molar refractivity (Wildman–Crippen MR) is 94.8 cm³/mol. The van der Waals surface area contributed by atoms with Crippen molar-refractivity contribution in [3.05, 3.63) is 52.5 Å². The Labute approximate surface area is 145 Å². The fraction of sp³-hybridized carbons (Fsp3) is 0.0667. The Morgan fingerprint density at radius 2 is 1.96 bits per heavy atom. The monoisotopic (exact) mass is 410 g/mol. The van der Waals surface area contributed by atoms with Crippen LogP contribution in [0, 0.1) is 0 Å². The molecule has 0 fully saturated rings. The summed E-state index contributed by atoms with van der Waals surface area (Å²) in [6, 6.07) is 11.7. The van der Waals surface area contributed by atoms with Crippen LogP contribution in [0.15, 0.2) is 51.8 Å². The van der Waals surface area contributed by atoms with Gasteiger partial charge in [-0.05, 0) is 30.3 Å². The molecule has 23 heavy (non-hydrogen) atoms. The van der Waals surface area contributed by atoms with Crippen molar-refractivity contribution < 1.29 is 13.2 Å². The second kappa shape index (κ2) is 6.03. The van der Waals surface area contributed by atoms with E-state index in [0.29, 0.717) is 5.13 Å². The number of nitrogens with zero attached hydrogens (tertiary/aromatic N) is 1. The average Bonchev–Trinajstić information content (AvgIpc) is 2.87. The number of hydrogen-bond acceptors (Lipinski definition) is 5. The van der Waals surface area contributed by atoms with Gasteiger partial charge in [-0.2, -0.15) is 0 Å². The van der Waals surface area contributed by atoms with Crippen molar-refractivity contribution in [3.63, 3.8) is 0 Å². The van der Waals surface area contributed by atoms with Crippen molar-refractivity contribution in [2.45, 2.75) is 4.90 Å². The summed E-state index contributed by atoms with van der Waals surface area (Å²) < 4.78 is 25.4. The van der Waals surface area contributed by atoms with Gasteiger partial charge >= 0.3 is 0 Å². The van der Waals surface area contributed by atoms with Crippen LogP contribution in [0.2, 0.25) is 0 Å². The number of aromatic nitrogens is 1. The van der Waals surface area contributed by atoms with Crippen molar-refractivity contribution in [1.82, 2.24) is 4.98 Å². The van der Waals surface area contributed by atoms with Crippen LogP contribution < -0.4 is 5.32 Å². The van der Waals surface area contributed by atoms with Crippen molar-refractivity contribution in [2.24, 2.45) is 0 Å². The Kier molecular flexibility index (Phi) is 4.22. The number of anilines is 1. The molecule has 0 atom stereocenters. The molecule has 0 saturated carbocycles. The number of thiazole rings is 1. The maximum Gasteiger partial charge on any atom is 0.258 e. The van der Waals surface area contributed by atoms with E-state index in [9.17, 15) is 13.2 Å². The van der Waals surface area contributed by atoms with E-state index in [1.807, 2.05) is 18.2 Å². The summed E-state index contributed by atoms with van der Waals surface area (Å²) in [5, 5.41) is 3.09. The molecule has 0 radical (unpaired) electrons. The number of halogens is 1. The third kappa shape index (κ3) is 3.44. The molecule has 3 rings (SSSR count). The van der Waals surface area contributed by atoms with Crippen LogP contribution in [-0.4, -0.2) is 25.6 Å². The zero-order chi connectivity index (χ0) is 16.6. The number of nitrogens with one attached hydrogen (secondary N) is 1. The number of sulfone groups is 1. The molecule has 0 saturated heterocycles. The zero-order valence-electron chi connectivity index (χ0n) is 11.9. The molecule has 1 amide bonds. The molecule has 0 spiro atoms. The molecule has 0 bridgehead atoms. The second-order valence-electron chi connectivity index (χ2n) is 4.85. The summed E-state index contributed by atoms with van der Waals surface area (Å²) in [7, 11) is -3.49. The van der Waals surface area contributed by atoms with E-state index < -0.39 is 15.7 Å². The molecule has 1 heterocycles. The highest BCUT2D eigenvalue weighted by molar-refractivity contribution is 9.10. The summed E-state index contributed by atoms with van der Waals surface area (Å²) in [5.41, 5.74) is 0.875. The Hall–Kier alpha value is -1.77. The van der Waals surface area contributed by atoms with Crippen molar-refractivity contribution in [2.75, 3.05) is 11.6 Å². The van der Waals surface area contributed by atoms with E-state index >= 15 is 0 Å². The number of hydrogen-bond donors (Lipinski definition) is 1. The molecule has 118 valence electrons. The third-order valence-electron chi connectivity index (χ3n) is 3.10. The Bertz CT molecular complexity index is 1010. The van der Waals surface area contributed by atoms with E-state index in [0.717, 1.165) is 20.9 Å². The minimum atomic E-state index is -3.49. The first-order valence-electron chi connectivity index (χ1n) is 6.51. The van der Waals surface area contributed by atoms with Crippen LogP contribution in [0.3, 0.4) is 0 Å². The van der Waals surface area contributed by atoms with Gasteiger partial charge in [-0.1, -0.05) is 39.4 Å². The summed E-state index contributed by atoms with van der Waals surface area (Å²) in [4.78, 5) is 16.7. The summed E-state index contributed by atoms with van der Waals surface area (Å²) in [5.74, 6) is -0.496. The quantitative estimate of drug-likeness (QED) is 0.713. The lowest BCUT2D eigenvalue weighted by atomic mass is 10.2. The van der Waals surface area contributed by atoms with Crippen molar-refractivity contribution in [3.8, 4) is 0 Å². The van der Waals surface area contributed by atoms with Gasteiger partial charge in [0.05, 0.1) is 20.7 Å². The van der Waals surface area contributed by atoms with Crippen LogP contribution in [0.4, 0.5) is 5.13 Å². The lowest BCUT2D eigenvalue weighted by Crippen LogP contribution is -2.15. The third-order valence-corrected chi connectivity index (χ3v) is 5.68. The van der Waals surface area contributed by atoms with Gasteiger partial charge in [0.1, 0.15) is 0 Å². The van der Waals surface area contributed by atoms with Gasteiger partial charge in [0.15, 0.2) is 15.0 Å². The highest BCUT2D eigenvalue weighted by Crippen LogP contribution is 2.29. The molecule has 0 aliphatic rings. The molecular weight excluding hydrogens is 400 g/mol. The minimum absolute atomic E-state index is 0.00126. The van der Waals surface area contributed by atoms with E-state index in [1.54, 1.807) is 12.1 Å². The Morgan fingerprint density at radius 3 is 2.70 bits per heavy atom. The molecule has 5 nitrogen and oxygen atoms in total. The van der Waals surface area contributed by atoms with Gasteiger partial charge in [-0.3, -0.25) is 10.1 Å². The first-order chi connectivity index (χ1) is 10.8. The predicted octanol–water partition coefficient (Wildman–Crippen LogP) is 3.71. The van der Waals surface area contributed by atoms with Crippen LogP contribution >= 0.6 is 27.3 Å². The highest BCUT2D eigenvalue weighted by Gasteiger charge is 2.19. The number of carbonyl (C=O) groups is 1. The van der Waals surface area contributed by atoms with Gasteiger partial charge in [-0.15, -0.1) is 0 Å². The number of fused-ring (bicyclic) bond motifs is 1. The lowest BCUT2D eigenvalue weighted by molar-refractivity contribution is 0.102. The fourth-order valence-electron chi connectivity index (χ4n) is 2.09. The zero-order valence-corrected chi connectivity index (χ0v) is 15.1. The van der Waals surface area contributed by atoms with Crippen LogP contribution in [-0.2, 0) is 9.84 Å². The largest absolute Gasteiger partial charge is 0.298 e. The normalized spacial score (nSPS) is 11.6. The summed E-state index contributed by atoms with van der Waals surface area (Å²) in [6.07, 6.45) is 1.08.